The summed E-state index contributed by atoms with van der Waals surface area (Å²) in [5, 5.41) is 7.16. The van der Waals surface area contributed by atoms with Crippen LogP contribution in [0.3, 0.4) is 0 Å². The molecule has 5 heteroatoms. The lowest BCUT2D eigenvalue weighted by molar-refractivity contribution is 0.174. The summed E-state index contributed by atoms with van der Waals surface area (Å²) < 4.78 is 10.6. The topological polar surface area (TPSA) is 42.5 Å². The van der Waals surface area contributed by atoms with Crippen molar-refractivity contribution in [3.63, 3.8) is 0 Å². The van der Waals surface area contributed by atoms with Crippen LogP contribution >= 0.6 is 12.2 Å². The third kappa shape index (κ3) is 4.77. The van der Waals surface area contributed by atoms with Crippen molar-refractivity contribution in [2.24, 2.45) is 5.92 Å². The molecule has 0 saturated carbocycles. The molecule has 0 bridgehead atoms. The minimum Gasteiger partial charge on any atom is -0.454 e. The molecule has 0 unspecified atom stereocenters. The zero-order valence-corrected chi connectivity index (χ0v) is 13.6. The number of ether oxygens (including phenoxy) is 2. The Balaban J connectivity index is 1.79. The minimum atomic E-state index is 0.289. The minimum absolute atomic E-state index is 0.289. The molecule has 1 atom stereocenters. The SMILES string of the molecule is CCCC[C@H](CC)CNC(=S)Nc1ccc2c(c1)OCO2. The lowest BCUT2D eigenvalue weighted by Gasteiger charge is -2.17. The number of thiocarbonyl (C=S) groups is 1. The molecule has 1 aliphatic rings. The number of rotatable bonds is 7. The van der Waals surface area contributed by atoms with E-state index in [4.69, 9.17) is 21.7 Å². The number of hydrogen-bond donors (Lipinski definition) is 2. The molecule has 1 aromatic carbocycles. The van der Waals surface area contributed by atoms with Crippen molar-refractivity contribution in [2.75, 3.05) is 18.7 Å². The van der Waals surface area contributed by atoms with E-state index in [0.29, 0.717) is 11.0 Å². The Morgan fingerprint density at radius 3 is 2.86 bits per heavy atom. The molecule has 1 aliphatic heterocycles. The van der Waals surface area contributed by atoms with Crippen molar-refractivity contribution in [3.8, 4) is 11.5 Å². The molecule has 21 heavy (non-hydrogen) atoms. The second-order valence-corrected chi connectivity index (χ2v) is 5.73. The summed E-state index contributed by atoms with van der Waals surface area (Å²) in [7, 11) is 0. The Morgan fingerprint density at radius 1 is 1.29 bits per heavy atom. The molecular formula is C16H24N2O2S. The van der Waals surface area contributed by atoms with Crippen molar-refractivity contribution in [1.82, 2.24) is 5.32 Å². The van der Waals surface area contributed by atoms with Crippen LogP contribution in [-0.4, -0.2) is 18.5 Å². The van der Waals surface area contributed by atoms with Crippen molar-refractivity contribution in [2.45, 2.75) is 39.5 Å². The van der Waals surface area contributed by atoms with Gasteiger partial charge in [0.1, 0.15) is 0 Å². The first kappa shape index (κ1) is 15.9. The van der Waals surface area contributed by atoms with Crippen LogP contribution < -0.4 is 20.1 Å². The fraction of sp³-hybridized carbons (Fsp3) is 0.562. The maximum Gasteiger partial charge on any atom is 0.231 e. The number of unbranched alkanes of at least 4 members (excludes halogenated alkanes) is 1. The van der Waals surface area contributed by atoms with Gasteiger partial charge in [0.25, 0.3) is 0 Å². The van der Waals surface area contributed by atoms with E-state index in [1.165, 1.54) is 25.7 Å². The van der Waals surface area contributed by atoms with E-state index >= 15 is 0 Å². The third-order valence-electron chi connectivity index (χ3n) is 3.73. The predicted octanol–water partition coefficient (Wildman–Crippen LogP) is 3.92. The Hall–Kier alpha value is -1.49. The van der Waals surface area contributed by atoms with Crippen LogP contribution in [0.15, 0.2) is 18.2 Å². The highest BCUT2D eigenvalue weighted by Gasteiger charge is 2.13. The molecule has 0 spiro atoms. The van der Waals surface area contributed by atoms with Crippen molar-refractivity contribution in [3.05, 3.63) is 18.2 Å². The quantitative estimate of drug-likeness (QED) is 0.747. The molecular weight excluding hydrogens is 284 g/mol. The maximum atomic E-state index is 5.35. The summed E-state index contributed by atoms with van der Waals surface area (Å²) in [6.45, 7) is 5.67. The summed E-state index contributed by atoms with van der Waals surface area (Å²) in [5.74, 6) is 2.23. The van der Waals surface area contributed by atoms with Crippen LogP contribution in [0.5, 0.6) is 11.5 Å². The monoisotopic (exact) mass is 308 g/mol. The summed E-state index contributed by atoms with van der Waals surface area (Å²) in [4.78, 5) is 0. The lowest BCUT2D eigenvalue weighted by atomic mass is 9.99. The number of hydrogen-bond acceptors (Lipinski definition) is 3. The highest BCUT2D eigenvalue weighted by atomic mass is 32.1. The summed E-state index contributed by atoms with van der Waals surface area (Å²) in [5.41, 5.74) is 0.915. The molecule has 0 amide bonds. The molecule has 0 aliphatic carbocycles. The Bertz CT molecular complexity index is 479. The molecule has 2 N–H and O–H groups in total. The first-order valence-corrected chi connectivity index (χ1v) is 8.08. The van der Waals surface area contributed by atoms with E-state index < -0.39 is 0 Å². The fourth-order valence-electron chi connectivity index (χ4n) is 2.33. The van der Waals surface area contributed by atoms with Gasteiger partial charge in [0.15, 0.2) is 16.6 Å². The molecule has 116 valence electrons. The molecule has 2 rings (SSSR count). The standard InChI is InChI=1S/C16H24N2O2S/c1-3-5-6-12(4-2)10-17-16(21)18-13-7-8-14-15(9-13)20-11-19-14/h7-9,12H,3-6,10-11H2,1-2H3,(H2,17,18,21)/t12-/m0/s1. The molecule has 0 radical (unpaired) electrons. The second kappa shape index (κ2) is 8.08. The average Bonchev–Trinajstić information content (AvgIpc) is 2.95. The number of nitrogens with one attached hydrogen (secondary N) is 2. The van der Waals surface area contributed by atoms with E-state index in [1.807, 2.05) is 18.2 Å². The summed E-state index contributed by atoms with van der Waals surface area (Å²) in [6.07, 6.45) is 4.96. The van der Waals surface area contributed by atoms with Gasteiger partial charge < -0.3 is 20.1 Å². The van der Waals surface area contributed by atoms with Gasteiger partial charge in [0.05, 0.1) is 0 Å². The van der Waals surface area contributed by atoms with Crippen molar-refractivity contribution in [1.29, 1.82) is 0 Å². The van der Waals surface area contributed by atoms with Gasteiger partial charge in [-0.1, -0.05) is 33.1 Å². The molecule has 1 heterocycles. The van der Waals surface area contributed by atoms with E-state index in [0.717, 1.165) is 23.7 Å². The molecule has 0 aromatic heterocycles. The first-order valence-electron chi connectivity index (χ1n) is 7.67. The van der Waals surface area contributed by atoms with Crippen LogP contribution in [0, 0.1) is 5.92 Å². The zero-order valence-electron chi connectivity index (χ0n) is 12.8. The van der Waals surface area contributed by atoms with E-state index in [2.05, 4.69) is 24.5 Å². The molecule has 0 fully saturated rings. The van der Waals surface area contributed by atoms with E-state index in [9.17, 15) is 0 Å². The van der Waals surface area contributed by atoms with Crippen LogP contribution in [0.25, 0.3) is 0 Å². The Labute approximate surface area is 132 Å². The van der Waals surface area contributed by atoms with Gasteiger partial charge >= 0.3 is 0 Å². The van der Waals surface area contributed by atoms with Crippen LogP contribution in [0.2, 0.25) is 0 Å². The number of fused-ring (bicyclic) bond motifs is 1. The number of benzene rings is 1. The number of anilines is 1. The van der Waals surface area contributed by atoms with Gasteiger partial charge in [-0.05, 0) is 36.7 Å². The van der Waals surface area contributed by atoms with Gasteiger partial charge in [-0.15, -0.1) is 0 Å². The highest BCUT2D eigenvalue weighted by molar-refractivity contribution is 7.80. The lowest BCUT2D eigenvalue weighted by Crippen LogP contribution is -2.32. The fourth-order valence-corrected chi connectivity index (χ4v) is 2.53. The predicted molar refractivity (Wildman–Crippen MR) is 90.1 cm³/mol. The highest BCUT2D eigenvalue weighted by Crippen LogP contribution is 2.34. The van der Waals surface area contributed by atoms with Gasteiger partial charge in [-0.3, -0.25) is 0 Å². The Morgan fingerprint density at radius 2 is 2.10 bits per heavy atom. The normalized spacial score (nSPS) is 13.8. The average molecular weight is 308 g/mol. The Kier molecular flexibility index (Phi) is 6.11. The molecule has 1 aromatic rings. The zero-order chi connectivity index (χ0) is 15.1. The van der Waals surface area contributed by atoms with E-state index in [-0.39, 0.29) is 6.79 Å². The smallest absolute Gasteiger partial charge is 0.231 e. The summed E-state index contributed by atoms with van der Waals surface area (Å²) >= 11 is 5.35. The van der Waals surface area contributed by atoms with E-state index in [1.54, 1.807) is 0 Å². The van der Waals surface area contributed by atoms with Crippen LogP contribution in [-0.2, 0) is 0 Å². The van der Waals surface area contributed by atoms with Gasteiger partial charge in [-0.25, -0.2) is 0 Å². The molecule has 4 nitrogen and oxygen atoms in total. The molecule has 0 saturated heterocycles. The van der Waals surface area contributed by atoms with Crippen LogP contribution in [0.4, 0.5) is 5.69 Å². The first-order chi connectivity index (χ1) is 10.2. The maximum absolute atomic E-state index is 5.35. The van der Waals surface area contributed by atoms with Gasteiger partial charge in [0.2, 0.25) is 6.79 Å². The van der Waals surface area contributed by atoms with Crippen molar-refractivity contribution >= 4 is 23.0 Å². The van der Waals surface area contributed by atoms with Crippen LogP contribution in [0.1, 0.15) is 39.5 Å². The van der Waals surface area contributed by atoms with Crippen molar-refractivity contribution < 1.29 is 9.47 Å². The second-order valence-electron chi connectivity index (χ2n) is 5.32. The third-order valence-corrected chi connectivity index (χ3v) is 3.97. The van der Waals surface area contributed by atoms with Gasteiger partial charge in [-0.2, -0.15) is 0 Å². The summed E-state index contributed by atoms with van der Waals surface area (Å²) in [6, 6.07) is 5.74. The van der Waals surface area contributed by atoms with Gasteiger partial charge in [0, 0.05) is 18.3 Å². The largest absolute Gasteiger partial charge is 0.454 e.